The van der Waals surface area contributed by atoms with Gasteiger partial charge in [-0.2, -0.15) is 0 Å². The highest BCUT2D eigenvalue weighted by molar-refractivity contribution is 5.99. The molecule has 2 aliphatic rings. The van der Waals surface area contributed by atoms with Gasteiger partial charge in [0.15, 0.2) is 0 Å². The number of anilines is 4. The Bertz CT molecular complexity index is 1590. The Morgan fingerprint density at radius 3 is 2.74 bits per heavy atom. The number of carbonyl (C=O) groups excluding carboxylic acids is 1. The van der Waals surface area contributed by atoms with Crippen molar-refractivity contribution >= 4 is 40.1 Å². The van der Waals surface area contributed by atoms with E-state index in [-0.39, 0.29) is 6.03 Å². The molecule has 1 aromatic carbocycles. The Labute approximate surface area is 245 Å². The number of rotatable bonds is 7. The van der Waals surface area contributed by atoms with Crippen molar-refractivity contribution in [1.29, 1.82) is 0 Å². The van der Waals surface area contributed by atoms with E-state index in [1.807, 2.05) is 43.3 Å². The van der Waals surface area contributed by atoms with E-state index in [1.54, 1.807) is 12.5 Å². The summed E-state index contributed by atoms with van der Waals surface area (Å²) < 4.78 is 5.49. The van der Waals surface area contributed by atoms with Gasteiger partial charge in [0, 0.05) is 61.6 Å². The number of pyridine rings is 1. The lowest BCUT2D eigenvalue weighted by Crippen LogP contribution is -2.45. The number of fused-ring (bicyclic) bond motifs is 1. The van der Waals surface area contributed by atoms with Gasteiger partial charge in [-0.15, -0.1) is 5.92 Å². The number of carbonyl (C=O) groups is 1. The quantitative estimate of drug-likeness (QED) is 0.247. The lowest BCUT2D eigenvalue weighted by Gasteiger charge is -2.34. The predicted molar refractivity (Wildman–Crippen MR) is 166 cm³/mol. The average molecular weight is 566 g/mol. The fourth-order valence-electron chi connectivity index (χ4n) is 5.47. The number of hydrogen-bond acceptors (Lipinski definition) is 8. The van der Waals surface area contributed by atoms with Gasteiger partial charge in [-0.1, -0.05) is 18.1 Å². The summed E-state index contributed by atoms with van der Waals surface area (Å²) in [7, 11) is 0. The third-order valence-electron chi connectivity index (χ3n) is 7.60. The van der Waals surface area contributed by atoms with Gasteiger partial charge >= 0.3 is 6.03 Å². The molecule has 4 N–H and O–H groups in total. The molecule has 4 aromatic rings. The maximum absolute atomic E-state index is 12.8. The van der Waals surface area contributed by atoms with Crippen molar-refractivity contribution in [2.75, 3.05) is 66.4 Å². The second-order valence-corrected chi connectivity index (χ2v) is 10.4. The summed E-state index contributed by atoms with van der Waals surface area (Å²) in [4.78, 5) is 34.1. The first-order chi connectivity index (χ1) is 20.7. The van der Waals surface area contributed by atoms with Gasteiger partial charge < -0.3 is 30.2 Å². The fourth-order valence-corrected chi connectivity index (χ4v) is 5.47. The highest BCUT2D eigenvalue weighted by Gasteiger charge is 2.20. The van der Waals surface area contributed by atoms with Crippen molar-refractivity contribution in [1.82, 2.24) is 25.3 Å². The zero-order valence-electron chi connectivity index (χ0n) is 23.7. The Balaban J connectivity index is 1.08. The van der Waals surface area contributed by atoms with Gasteiger partial charge in [0.2, 0.25) is 0 Å². The van der Waals surface area contributed by atoms with Crippen LogP contribution < -0.4 is 25.8 Å². The van der Waals surface area contributed by atoms with E-state index >= 15 is 0 Å². The summed E-state index contributed by atoms with van der Waals surface area (Å²) in [5.41, 5.74) is 4.43. The number of H-pyrrole nitrogens is 1. The second kappa shape index (κ2) is 12.9. The summed E-state index contributed by atoms with van der Waals surface area (Å²) >= 11 is 0. The Hall–Kier alpha value is -4.66. The Morgan fingerprint density at radius 2 is 1.90 bits per heavy atom. The molecule has 0 spiro atoms. The lowest BCUT2D eigenvalue weighted by atomic mass is 10.1. The zero-order chi connectivity index (χ0) is 28.7. The number of urea groups is 1. The fraction of sp³-hybridized carbons (Fsp3) is 0.355. The van der Waals surface area contributed by atoms with E-state index < -0.39 is 0 Å². The Kier molecular flexibility index (Phi) is 8.44. The zero-order valence-corrected chi connectivity index (χ0v) is 23.7. The number of benzene rings is 1. The summed E-state index contributed by atoms with van der Waals surface area (Å²) in [5.74, 6) is 7.42. The van der Waals surface area contributed by atoms with Gasteiger partial charge in [-0.05, 0) is 49.6 Å². The lowest BCUT2D eigenvalue weighted by molar-refractivity contribution is 0.122. The van der Waals surface area contributed by atoms with E-state index in [4.69, 9.17) is 4.74 Å². The molecular formula is C31H35N9O2. The molecule has 11 heteroatoms. The van der Waals surface area contributed by atoms with Crippen LogP contribution in [0.1, 0.15) is 19.8 Å². The maximum atomic E-state index is 12.8. The number of nitrogens with zero attached hydrogens (tertiary/aromatic N) is 5. The second-order valence-electron chi connectivity index (χ2n) is 10.4. The van der Waals surface area contributed by atoms with Crippen LogP contribution in [0.4, 0.5) is 27.8 Å². The van der Waals surface area contributed by atoms with Crippen LogP contribution in [0.3, 0.4) is 0 Å². The van der Waals surface area contributed by atoms with Crippen LogP contribution in [0.25, 0.3) is 22.3 Å². The maximum Gasteiger partial charge on any atom is 0.324 e. The van der Waals surface area contributed by atoms with Gasteiger partial charge in [0.1, 0.15) is 23.6 Å². The number of aromatic amines is 1. The molecule has 0 unspecified atom stereocenters. The highest BCUT2D eigenvalue weighted by Crippen LogP contribution is 2.30. The standard InChI is InChI=1S/C31H35N9O2/c1-2-3-11-32-24-5-4-13-40(20-24)25-10-12-33-28(18-25)38-31(41)36-23-8-6-22(7-9-23)27-19-26-29(37-27)34-21-35-30(26)39-14-16-42-17-15-39/h6-10,12,18-19,21,24,32H,4-5,11,13-17,20H2,1H3,(H,34,35,37)(H2,33,36,38,41)/t24-/m1/s1. The van der Waals surface area contributed by atoms with Crippen LogP contribution in [-0.4, -0.2) is 77.9 Å². The molecule has 2 fully saturated rings. The topological polar surface area (TPSA) is 123 Å². The molecule has 2 saturated heterocycles. The number of piperidine rings is 1. The molecule has 1 atom stereocenters. The molecule has 0 saturated carbocycles. The van der Waals surface area contributed by atoms with Crippen LogP contribution in [0, 0.1) is 11.8 Å². The van der Waals surface area contributed by atoms with Crippen LogP contribution >= 0.6 is 0 Å². The van der Waals surface area contributed by atoms with E-state index in [0.717, 1.165) is 72.8 Å². The normalized spacial score (nSPS) is 17.0. The van der Waals surface area contributed by atoms with Crippen LogP contribution in [0.5, 0.6) is 0 Å². The molecular weight excluding hydrogens is 530 g/mol. The van der Waals surface area contributed by atoms with Crippen molar-refractivity contribution in [3.63, 3.8) is 0 Å². The van der Waals surface area contributed by atoms with Crippen molar-refractivity contribution in [3.8, 4) is 23.1 Å². The number of hydrogen-bond donors (Lipinski definition) is 4. The summed E-state index contributed by atoms with van der Waals surface area (Å²) in [6.45, 7) is 7.42. The largest absolute Gasteiger partial charge is 0.378 e. The first-order valence-electron chi connectivity index (χ1n) is 14.3. The first kappa shape index (κ1) is 27.5. The van der Waals surface area contributed by atoms with Crippen molar-refractivity contribution < 1.29 is 9.53 Å². The Morgan fingerprint density at radius 1 is 1.05 bits per heavy atom. The number of aromatic nitrogens is 4. The summed E-state index contributed by atoms with van der Waals surface area (Å²) in [5, 5.41) is 10.3. The van der Waals surface area contributed by atoms with E-state index in [2.05, 4.69) is 63.6 Å². The van der Waals surface area contributed by atoms with Crippen molar-refractivity contribution in [2.45, 2.75) is 25.8 Å². The molecule has 6 rings (SSSR count). The number of amides is 2. The molecule has 0 radical (unpaired) electrons. The van der Waals surface area contributed by atoms with Crippen molar-refractivity contribution in [3.05, 3.63) is 55.0 Å². The van der Waals surface area contributed by atoms with Gasteiger partial charge in [0.25, 0.3) is 0 Å². The first-order valence-corrected chi connectivity index (χ1v) is 14.3. The number of nitrogens with one attached hydrogen (secondary N) is 4. The highest BCUT2D eigenvalue weighted by atomic mass is 16.5. The minimum Gasteiger partial charge on any atom is -0.378 e. The third kappa shape index (κ3) is 6.46. The van der Waals surface area contributed by atoms with Gasteiger partial charge in [-0.25, -0.2) is 19.7 Å². The minimum atomic E-state index is -0.347. The molecule has 11 nitrogen and oxygen atoms in total. The number of ether oxygens (including phenoxy) is 1. The third-order valence-corrected chi connectivity index (χ3v) is 7.60. The minimum absolute atomic E-state index is 0.347. The van der Waals surface area contributed by atoms with Crippen LogP contribution in [-0.2, 0) is 4.74 Å². The predicted octanol–water partition coefficient (Wildman–Crippen LogP) is 4.08. The molecule has 0 bridgehead atoms. The van der Waals surface area contributed by atoms with Gasteiger partial charge in [-0.3, -0.25) is 5.32 Å². The molecule has 2 aliphatic heterocycles. The molecule has 0 aliphatic carbocycles. The molecule has 2 amide bonds. The molecule has 216 valence electrons. The smallest absolute Gasteiger partial charge is 0.324 e. The molecule has 5 heterocycles. The molecule has 3 aromatic heterocycles. The monoisotopic (exact) mass is 565 g/mol. The van der Waals surface area contributed by atoms with E-state index in [1.165, 1.54) is 0 Å². The van der Waals surface area contributed by atoms with Gasteiger partial charge in [0.05, 0.1) is 25.1 Å². The van der Waals surface area contributed by atoms with E-state index in [0.29, 0.717) is 37.3 Å². The van der Waals surface area contributed by atoms with Crippen LogP contribution in [0.15, 0.2) is 55.0 Å². The SMILES string of the molecule is CC#CCN[C@@H]1CCCN(c2ccnc(NC(=O)Nc3ccc(-c4cc5c(N6CCOCC6)ncnc5[nH]4)cc3)c2)C1. The average Bonchev–Trinajstić information content (AvgIpc) is 3.47. The summed E-state index contributed by atoms with van der Waals surface area (Å²) in [6.07, 6.45) is 5.55. The van der Waals surface area contributed by atoms with Crippen LogP contribution in [0.2, 0.25) is 0 Å². The van der Waals surface area contributed by atoms with E-state index in [9.17, 15) is 4.79 Å². The number of morpholine rings is 1. The summed E-state index contributed by atoms with van der Waals surface area (Å²) in [6, 6.07) is 13.7. The van der Waals surface area contributed by atoms with Crippen molar-refractivity contribution in [2.24, 2.45) is 0 Å². The molecule has 42 heavy (non-hydrogen) atoms.